The van der Waals surface area contributed by atoms with E-state index >= 15 is 0 Å². The number of hydrogen-bond acceptors (Lipinski definition) is 4. The minimum Gasteiger partial charge on any atom is -0.399 e. The molecule has 0 aliphatic rings. The van der Waals surface area contributed by atoms with Gasteiger partial charge in [0.2, 0.25) is 0 Å². The van der Waals surface area contributed by atoms with Crippen LogP contribution in [0.3, 0.4) is 0 Å². The third-order valence-electron chi connectivity index (χ3n) is 2.27. The first-order valence-corrected chi connectivity index (χ1v) is 7.40. The van der Waals surface area contributed by atoms with Crippen LogP contribution in [0, 0.1) is 0 Å². The maximum absolute atomic E-state index is 11.5. The Balaban J connectivity index is 2.94. The molecule has 0 aliphatic heterocycles. The molecule has 2 atom stereocenters. The van der Waals surface area contributed by atoms with E-state index in [1.807, 2.05) is 0 Å². The van der Waals surface area contributed by atoms with Gasteiger partial charge in [-0.2, -0.15) is 0 Å². The van der Waals surface area contributed by atoms with Crippen molar-refractivity contribution in [1.29, 1.82) is 0 Å². The summed E-state index contributed by atoms with van der Waals surface area (Å²) in [6.45, 7) is 1.54. The zero-order valence-corrected chi connectivity index (χ0v) is 11.2. The highest BCUT2D eigenvalue weighted by Gasteiger charge is 2.29. The molecule has 90 valence electrons. The minimum absolute atomic E-state index is 0.0189. The van der Waals surface area contributed by atoms with E-state index in [0.717, 1.165) is 0 Å². The summed E-state index contributed by atoms with van der Waals surface area (Å²) in [5, 5.41) is 9.88. The van der Waals surface area contributed by atoms with Crippen molar-refractivity contribution in [2.75, 3.05) is 11.5 Å². The average Bonchev–Trinajstić information content (AvgIpc) is 2.28. The number of anilines is 1. The van der Waals surface area contributed by atoms with Crippen LogP contribution in [-0.4, -0.2) is 23.4 Å². The predicted molar refractivity (Wildman–Crippen MR) is 68.0 cm³/mol. The number of aliphatic hydroxyl groups excluding tert-OH is 1. The highest BCUT2D eigenvalue weighted by atomic mass is 79.9. The summed E-state index contributed by atoms with van der Waals surface area (Å²) in [7, 11) is -3.32. The summed E-state index contributed by atoms with van der Waals surface area (Å²) in [5.41, 5.74) is 6.59. The van der Waals surface area contributed by atoms with Crippen LogP contribution < -0.4 is 5.73 Å². The van der Waals surface area contributed by atoms with Crippen LogP contribution in [0.25, 0.3) is 0 Å². The molecule has 1 aromatic rings. The Morgan fingerprint density at radius 1 is 1.38 bits per heavy atom. The standard InChI is InChI=1S/C10H14BrNO3S/c1-2-16(14,15)10(11)9(13)7-3-5-8(12)6-4-7/h3-6,9-10,13H,2,12H2,1H3/t9-,10+/m0/s1. The molecule has 3 N–H and O–H groups in total. The van der Waals surface area contributed by atoms with Gasteiger partial charge in [-0.25, -0.2) is 8.42 Å². The number of hydrogen-bond donors (Lipinski definition) is 2. The molecule has 0 saturated heterocycles. The van der Waals surface area contributed by atoms with Crippen LogP contribution >= 0.6 is 15.9 Å². The van der Waals surface area contributed by atoms with Crippen LogP contribution in [-0.2, 0) is 9.84 Å². The Morgan fingerprint density at radius 2 is 1.88 bits per heavy atom. The van der Waals surface area contributed by atoms with Gasteiger partial charge >= 0.3 is 0 Å². The molecule has 0 amide bonds. The Labute approximate surface area is 104 Å². The first-order chi connectivity index (χ1) is 7.38. The lowest BCUT2D eigenvalue weighted by Crippen LogP contribution is -2.24. The zero-order chi connectivity index (χ0) is 12.3. The smallest absolute Gasteiger partial charge is 0.165 e. The normalized spacial score (nSPS) is 15.7. The van der Waals surface area contributed by atoms with E-state index in [1.165, 1.54) is 0 Å². The first kappa shape index (κ1) is 13.5. The molecule has 0 aliphatic carbocycles. The second-order valence-electron chi connectivity index (χ2n) is 3.41. The van der Waals surface area contributed by atoms with Gasteiger partial charge in [0, 0.05) is 11.4 Å². The molecule has 0 fully saturated rings. The van der Waals surface area contributed by atoms with E-state index in [1.54, 1.807) is 31.2 Å². The number of nitrogen functional groups attached to an aromatic ring is 1. The van der Waals surface area contributed by atoms with E-state index < -0.39 is 20.1 Å². The van der Waals surface area contributed by atoms with E-state index in [9.17, 15) is 13.5 Å². The lowest BCUT2D eigenvalue weighted by molar-refractivity contribution is 0.195. The van der Waals surface area contributed by atoms with Crippen LogP contribution in [0.1, 0.15) is 18.6 Å². The molecule has 0 heterocycles. The first-order valence-electron chi connectivity index (χ1n) is 4.77. The number of alkyl halides is 1. The van der Waals surface area contributed by atoms with Gasteiger partial charge in [-0.3, -0.25) is 0 Å². The second-order valence-corrected chi connectivity index (χ2v) is 7.42. The molecule has 0 radical (unpaired) electrons. The van der Waals surface area contributed by atoms with Gasteiger partial charge in [0.1, 0.15) is 10.3 Å². The highest BCUT2D eigenvalue weighted by Crippen LogP contribution is 2.27. The number of aliphatic hydroxyl groups is 1. The summed E-state index contributed by atoms with van der Waals surface area (Å²) in [5.74, 6) is -0.0189. The van der Waals surface area contributed by atoms with Crippen molar-refractivity contribution in [2.45, 2.75) is 17.2 Å². The predicted octanol–water partition coefficient (Wildman–Crippen LogP) is 1.46. The average molecular weight is 308 g/mol. The van der Waals surface area contributed by atoms with Gasteiger partial charge in [0.15, 0.2) is 9.84 Å². The van der Waals surface area contributed by atoms with Crippen molar-refractivity contribution < 1.29 is 13.5 Å². The molecule has 4 nitrogen and oxygen atoms in total. The van der Waals surface area contributed by atoms with Gasteiger partial charge in [-0.15, -0.1) is 0 Å². The van der Waals surface area contributed by atoms with E-state index in [0.29, 0.717) is 11.3 Å². The summed E-state index contributed by atoms with van der Waals surface area (Å²) >= 11 is 3.01. The minimum atomic E-state index is -3.32. The van der Waals surface area contributed by atoms with Crippen molar-refractivity contribution in [1.82, 2.24) is 0 Å². The van der Waals surface area contributed by atoms with Gasteiger partial charge in [-0.05, 0) is 17.7 Å². The highest BCUT2D eigenvalue weighted by molar-refractivity contribution is 9.11. The van der Waals surface area contributed by atoms with Crippen molar-refractivity contribution in [3.63, 3.8) is 0 Å². The fourth-order valence-electron chi connectivity index (χ4n) is 1.20. The maximum atomic E-state index is 11.5. The number of rotatable bonds is 4. The number of benzene rings is 1. The summed E-state index contributed by atoms with van der Waals surface area (Å²) < 4.78 is 22.1. The topological polar surface area (TPSA) is 80.4 Å². The molecule has 6 heteroatoms. The fourth-order valence-corrected chi connectivity index (χ4v) is 3.17. The largest absolute Gasteiger partial charge is 0.399 e. The molecular weight excluding hydrogens is 294 g/mol. The van der Waals surface area contributed by atoms with Gasteiger partial charge in [-0.1, -0.05) is 35.0 Å². The Kier molecular flexibility index (Phi) is 4.35. The number of halogens is 1. The van der Waals surface area contributed by atoms with Gasteiger partial charge < -0.3 is 10.8 Å². The van der Waals surface area contributed by atoms with Crippen molar-refractivity contribution in [2.24, 2.45) is 0 Å². The Hall–Kier alpha value is -0.590. The summed E-state index contributed by atoms with van der Waals surface area (Å²) in [4.78, 5) is 0. The van der Waals surface area contributed by atoms with E-state index in [2.05, 4.69) is 15.9 Å². The SMILES string of the molecule is CCS(=O)(=O)[C@@H](Br)[C@@H](O)c1ccc(N)cc1. The third kappa shape index (κ3) is 2.96. The van der Waals surface area contributed by atoms with Crippen LogP contribution in [0.5, 0.6) is 0 Å². The quantitative estimate of drug-likeness (QED) is 0.652. The Bertz CT molecular complexity index is 444. The van der Waals surface area contributed by atoms with Gasteiger partial charge in [0.05, 0.1) is 0 Å². The van der Waals surface area contributed by atoms with Crippen molar-refractivity contribution >= 4 is 31.5 Å². The lowest BCUT2D eigenvalue weighted by Gasteiger charge is -2.17. The molecule has 1 aromatic carbocycles. The Morgan fingerprint density at radius 3 is 2.31 bits per heavy atom. The summed E-state index contributed by atoms with van der Waals surface area (Å²) in [6.07, 6.45) is -1.09. The molecular formula is C10H14BrNO3S. The molecule has 0 unspecified atom stereocenters. The summed E-state index contributed by atoms with van der Waals surface area (Å²) in [6, 6.07) is 6.46. The van der Waals surface area contributed by atoms with Crippen molar-refractivity contribution in [3.8, 4) is 0 Å². The lowest BCUT2D eigenvalue weighted by atomic mass is 10.1. The second kappa shape index (κ2) is 5.16. The molecule has 0 saturated carbocycles. The monoisotopic (exact) mass is 307 g/mol. The van der Waals surface area contributed by atoms with Gasteiger partial charge in [0.25, 0.3) is 0 Å². The van der Waals surface area contributed by atoms with Crippen LogP contribution in [0.15, 0.2) is 24.3 Å². The van der Waals surface area contributed by atoms with Crippen LogP contribution in [0.4, 0.5) is 5.69 Å². The van der Waals surface area contributed by atoms with E-state index in [-0.39, 0.29) is 5.75 Å². The van der Waals surface area contributed by atoms with Crippen molar-refractivity contribution in [3.05, 3.63) is 29.8 Å². The molecule has 0 aromatic heterocycles. The molecule has 16 heavy (non-hydrogen) atoms. The molecule has 0 bridgehead atoms. The number of nitrogens with two attached hydrogens (primary N) is 1. The maximum Gasteiger partial charge on any atom is 0.165 e. The number of sulfone groups is 1. The van der Waals surface area contributed by atoms with Crippen LogP contribution in [0.2, 0.25) is 0 Å². The van der Waals surface area contributed by atoms with E-state index in [4.69, 9.17) is 5.73 Å². The molecule has 0 spiro atoms. The third-order valence-corrected chi connectivity index (χ3v) is 6.23. The zero-order valence-electron chi connectivity index (χ0n) is 8.80. The molecule has 1 rings (SSSR count). The fraction of sp³-hybridized carbons (Fsp3) is 0.400.